The molecule has 3 rings (SSSR count). The van der Waals surface area contributed by atoms with Crippen LogP contribution >= 0.6 is 0 Å². The summed E-state index contributed by atoms with van der Waals surface area (Å²) in [6.45, 7) is 8.31. The fourth-order valence-electron chi connectivity index (χ4n) is 3.88. The topological polar surface area (TPSA) is 109 Å². The summed E-state index contributed by atoms with van der Waals surface area (Å²) in [7, 11) is 1.64. The first kappa shape index (κ1) is 28.1. The first-order valence-corrected chi connectivity index (χ1v) is 12.5. The number of non-ortho nitro benzene ring substituents is 1. The molecular weight excluding hydrogens is 476 g/mol. The van der Waals surface area contributed by atoms with E-state index >= 15 is 0 Å². The molecule has 0 aromatic heterocycles. The minimum absolute atomic E-state index is 0.0526. The van der Waals surface area contributed by atoms with Crippen molar-refractivity contribution in [3.63, 3.8) is 0 Å². The van der Waals surface area contributed by atoms with Crippen molar-refractivity contribution in [1.29, 1.82) is 0 Å². The number of nitro benzene ring substituents is 1. The summed E-state index contributed by atoms with van der Waals surface area (Å²) in [5.41, 5.74) is 2.17. The number of nitrogens with zero attached hydrogens (tertiary/aromatic N) is 1. The van der Waals surface area contributed by atoms with Gasteiger partial charge in [-0.3, -0.25) is 14.9 Å². The van der Waals surface area contributed by atoms with Gasteiger partial charge in [0, 0.05) is 31.0 Å². The summed E-state index contributed by atoms with van der Waals surface area (Å²) in [6, 6.07) is 11.9. The molecular formula is C28H36N2O7. The molecule has 9 heteroatoms. The number of benzene rings is 2. The van der Waals surface area contributed by atoms with Crippen molar-refractivity contribution in [1.82, 2.24) is 5.32 Å². The van der Waals surface area contributed by atoms with Crippen molar-refractivity contribution in [2.75, 3.05) is 33.5 Å². The van der Waals surface area contributed by atoms with Crippen LogP contribution in [-0.4, -0.2) is 50.4 Å². The molecule has 1 aliphatic rings. The number of amides is 1. The maximum atomic E-state index is 12.8. The van der Waals surface area contributed by atoms with E-state index in [4.69, 9.17) is 18.9 Å². The highest BCUT2D eigenvalue weighted by molar-refractivity contribution is 5.97. The summed E-state index contributed by atoms with van der Waals surface area (Å²) in [5, 5.41) is 14.1. The molecule has 2 aromatic carbocycles. The van der Waals surface area contributed by atoms with E-state index in [1.54, 1.807) is 7.11 Å². The zero-order chi connectivity index (χ0) is 26.8. The number of carbonyl (C=O) groups excluding carboxylic acids is 1. The number of hydrogen-bond donors (Lipinski definition) is 1. The summed E-state index contributed by atoms with van der Waals surface area (Å²) in [6.07, 6.45) is 2.42. The fraction of sp³-hybridized carbons (Fsp3) is 0.464. The molecule has 0 spiro atoms. The number of ether oxygens (including phenoxy) is 4. The van der Waals surface area contributed by atoms with E-state index < -0.39 is 10.8 Å². The van der Waals surface area contributed by atoms with Crippen LogP contribution in [0.5, 0.6) is 11.5 Å². The Hall–Kier alpha value is -3.43. The molecule has 3 atom stereocenters. The van der Waals surface area contributed by atoms with E-state index in [2.05, 4.69) is 18.3 Å². The summed E-state index contributed by atoms with van der Waals surface area (Å²) >= 11 is 0. The molecule has 1 amide bonds. The van der Waals surface area contributed by atoms with E-state index in [1.807, 2.05) is 38.1 Å². The van der Waals surface area contributed by atoms with Gasteiger partial charge in [0.25, 0.3) is 11.6 Å². The Balaban J connectivity index is 1.70. The quantitative estimate of drug-likeness (QED) is 0.318. The number of carbonyl (C=O) groups is 1. The third kappa shape index (κ3) is 8.58. The predicted octanol–water partition coefficient (Wildman–Crippen LogP) is 4.94. The van der Waals surface area contributed by atoms with E-state index in [0.717, 1.165) is 16.9 Å². The van der Waals surface area contributed by atoms with Crippen molar-refractivity contribution in [3.05, 3.63) is 75.4 Å². The SMILES string of the molecule is COc1ccc(COCC(C)/C2=C\CC(C)Oc3ccc([N+](=O)[O-])cc3C(=O)NCC(C)COC2)cc1. The Bertz CT molecular complexity index is 1080. The molecule has 0 bridgehead atoms. The highest BCUT2D eigenvalue weighted by atomic mass is 16.6. The van der Waals surface area contributed by atoms with Crippen LogP contribution in [0.1, 0.15) is 43.1 Å². The van der Waals surface area contributed by atoms with Crippen LogP contribution in [0.3, 0.4) is 0 Å². The second kappa shape index (κ2) is 13.8. The first-order chi connectivity index (χ1) is 17.8. The lowest BCUT2D eigenvalue weighted by Crippen LogP contribution is -2.31. The summed E-state index contributed by atoms with van der Waals surface area (Å²) < 4.78 is 23.2. The lowest BCUT2D eigenvalue weighted by Gasteiger charge is -2.22. The van der Waals surface area contributed by atoms with Gasteiger partial charge in [0.1, 0.15) is 11.5 Å². The first-order valence-electron chi connectivity index (χ1n) is 12.5. The summed E-state index contributed by atoms with van der Waals surface area (Å²) in [4.78, 5) is 23.5. The molecule has 9 nitrogen and oxygen atoms in total. The lowest BCUT2D eigenvalue weighted by molar-refractivity contribution is -0.384. The summed E-state index contributed by atoms with van der Waals surface area (Å²) in [5.74, 6) is 0.904. The van der Waals surface area contributed by atoms with Gasteiger partial charge in [0.05, 0.1) is 50.1 Å². The number of methoxy groups -OCH3 is 1. The van der Waals surface area contributed by atoms with Crippen molar-refractivity contribution in [2.45, 2.75) is 39.9 Å². The van der Waals surface area contributed by atoms with Crippen LogP contribution in [0.15, 0.2) is 54.1 Å². The molecule has 200 valence electrons. The van der Waals surface area contributed by atoms with E-state index in [-0.39, 0.29) is 29.2 Å². The average Bonchev–Trinajstić information content (AvgIpc) is 2.89. The Morgan fingerprint density at radius 1 is 1.19 bits per heavy atom. The molecule has 0 saturated carbocycles. The second-order valence-electron chi connectivity index (χ2n) is 9.48. The molecule has 1 heterocycles. The van der Waals surface area contributed by atoms with Gasteiger partial charge in [0.2, 0.25) is 0 Å². The molecule has 37 heavy (non-hydrogen) atoms. The molecule has 2 aromatic rings. The monoisotopic (exact) mass is 512 g/mol. The van der Waals surface area contributed by atoms with Gasteiger partial charge in [-0.1, -0.05) is 32.1 Å². The van der Waals surface area contributed by atoms with Crippen LogP contribution in [-0.2, 0) is 16.1 Å². The largest absolute Gasteiger partial charge is 0.497 e. The molecule has 1 N–H and O–H groups in total. The minimum Gasteiger partial charge on any atom is -0.497 e. The van der Waals surface area contributed by atoms with E-state index in [9.17, 15) is 14.9 Å². The molecule has 0 fully saturated rings. The van der Waals surface area contributed by atoms with Crippen molar-refractivity contribution in [2.24, 2.45) is 11.8 Å². The van der Waals surface area contributed by atoms with Gasteiger partial charge in [-0.15, -0.1) is 0 Å². The molecule has 0 saturated heterocycles. The van der Waals surface area contributed by atoms with Gasteiger partial charge >= 0.3 is 0 Å². The third-order valence-electron chi connectivity index (χ3n) is 6.17. The van der Waals surface area contributed by atoms with Gasteiger partial charge in [-0.25, -0.2) is 0 Å². The average molecular weight is 513 g/mol. The second-order valence-corrected chi connectivity index (χ2v) is 9.48. The normalized spacial score (nSPS) is 21.3. The van der Waals surface area contributed by atoms with Gasteiger partial charge < -0.3 is 24.3 Å². The van der Waals surface area contributed by atoms with Crippen molar-refractivity contribution < 1.29 is 28.7 Å². The van der Waals surface area contributed by atoms with Crippen molar-refractivity contribution >= 4 is 11.6 Å². The zero-order valence-corrected chi connectivity index (χ0v) is 21.9. The highest BCUT2D eigenvalue weighted by Gasteiger charge is 2.21. The maximum absolute atomic E-state index is 12.8. The molecule has 3 unspecified atom stereocenters. The van der Waals surface area contributed by atoms with E-state index in [1.165, 1.54) is 18.2 Å². The molecule has 1 aliphatic heterocycles. The zero-order valence-electron chi connectivity index (χ0n) is 21.9. The number of rotatable bonds is 7. The third-order valence-corrected chi connectivity index (χ3v) is 6.17. The van der Waals surface area contributed by atoms with Gasteiger partial charge in [0.15, 0.2) is 0 Å². The Morgan fingerprint density at radius 3 is 2.65 bits per heavy atom. The fourth-order valence-corrected chi connectivity index (χ4v) is 3.88. The van der Waals surface area contributed by atoms with Crippen molar-refractivity contribution in [3.8, 4) is 11.5 Å². The highest BCUT2D eigenvalue weighted by Crippen LogP contribution is 2.26. The van der Waals surface area contributed by atoms with Crippen LogP contribution in [0, 0.1) is 22.0 Å². The number of fused-ring (bicyclic) bond motifs is 1. The maximum Gasteiger partial charge on any atom is 0.270 e. The Morgan fingerprint density at radius 2 is 1.95 bits per heavy atom. The number of nitrogens with one attached hydrogen (secondary N) is 1. The Labute approximate surface area is 217 Å². The number of nitro groups is 1. The minimum atomic E-state index is -0.522. The predicted molar refractivity (Wildman–Crippen MR) is 140 cm³/mol. The Kier molecular flexibility index (Phi) is 10.5. The smallest absolute Gasteiger partial charge is 0.270 e. The van der Waals surface area contributed by atoms with Crippen LogP contribution < -0.4 is 14.8 Å². The number of hydrogen-bond acceptors (Lipinski definition) is 7. The molecule has 0 radical (unpaired) electrons. The van der Waals surface area contributed by atoms with Crippen LogP contribution in [0.2, 0.25) is 0 Å². The standard InChI is InChI=1S/C28H36N2O7/c1-19-14-29-28(31)26-13-24(30(32)33)9-12-27(26)37-21(3)5-8-23(18-35-15-19)20(2)16-36-17-22-6-10-25(34-4)11-7-22/h6-13,19-21H,5,14-18H2,1-4H3,(H,29,31)/b23-8-. The molecule has 0 aliphatic carbocycles. The van der Waals surface area contributed by atoms with E-state index in [0.29, 0.717) is 45.1 Å². The van der Waals surface area contributed by atoms with Crippen LogP contribution in [0.25, 0.3) is 0 Å². The lowest BCUT2D eigenvalue weighted by atomic mass is 10.0. The van der Waals surface area contributed by atoms with Gasteiger partial charge in [-0.2, -0.15) is 0 Å². The van der Waals surface area contributed by atoms with Gasteiger partial charge in [-0.05, 0) is 42.2 Å². The van der Waals surface area contributed by atoms with Crippen LogP contribution in [0.4, 0.5) is 5.69 Å².